The van der Waals surface area contributed by atoms with E-state index in [0.717, 1.165) is 31.1 Å². The Balaban J connectivity index is 2.32. The van der Waals surface area contributed by atoms with E-state index in [1.54, 1.807) is 0 Å². The molecule has 1 aromatic carbocycles. The third-order valence-corrected chi connectivity index (χ3v) is 2.76. The average molecular weight is 257 g/mol. The van der Waals surface area contributed by atoms with Gasteiger partial charge in [0, 0.05) is 11.2 Å². The fourth-order valence-electron chi connectivity index (χ4n) is 1.43. The van der Waals surface area contributed by atoms with Crippen LogP contribution in [0, 0.1) is 0 Å². The van der Waals surface area contributed by atoms with E-state index in [2.05, 4.69) is 28.9 Å². The highest BCUT2D eigenvalue weighted by molar-refractivity contribution is 9.09. The van der Waals surface area contributed by atoms with Crippen molar-refractivity contribution in [3.05, 3.63) is 23.8 Å². The first-order valence-corrected chi connectivity index (χ1v) is 5.72. The average Bonchev–Trinajstić information content (AvgIpc) is 2.41. The molecule has 14 heavy (non-hydrogen) atoms. The minimum atomic E-state index is 0.347. The lowest BCUT2D eigenvalue weighted by atomic mass is 10.1. The highest BCUT2D eigenvalue weighted by Crippen LogP contribution is 2.34. The van der Waals surface area contributed by atoms with Crippen molar-refractivity contribution in [2.75, 3.05) is 13.2 Å². The molecule has 1 aliphatic heterocycles. The zero-order chi connectivity index (χ0) is 9.97. The highest BCUT2D eigenvalue weighted by atomic mass is 79.9. The molecule has 2 rings (SSSR count). The van der Waals surface area contributed by atoms with Gasteiger partial charge in [-0.05, 0) is 24.6 Å². The zero-order valence-electron chi connectivity index (χ0n) is 8.13. The molecule has 0 saturated carbocycles. The summed E-state index contributed by atoms with van der Waals surface area (Å²) in [6, 6.07) is 6.08. The number of fused-ring (bicyclic) bond motifs is 1. The van der Waals surface area contributed by atoms with Crippen LogP contribution >= 0.6 is 15.9 Å². The van der Waals surface area contributed by atoms with Gasteiger partial charge in [-0.25, -0.2) is 0 Å². The van der Waals surface area contributed by atoms with Gasteiger partial charge in [0.15, 0.2) is 11.5 Å². The topological polar surface area (TPSA) is 18.5 Å². The Morgan fingerprint density at radius 3 is 2.64 bits per heavy atom. The Hall–Kier alpha value is -0.700. The fourth-order valence-corrected chi connectivity index (χ4v) is 1.71. The predicted molar refractivity (Wildman–Crippen MR) is 59.4 cm³/mol. The lowest BCUT2D eigenvalue weighted by Crippen LogP contribution is -1.97. The molecular weight excluding hydrogens is 244 g/mol. The lowest BCUT2D eigenvalue weighted by molar-refractivity contribution is 0.297. The lowest BCUT2D eigenvalue weighted by Gasteiger charge is -2.10. The summed E-state index contributed by atoms with van der Waals surface area (Å²) >= 11 is 3.53. The van der Waals surface area contributed by atoms with Crippen molar-refractivity contribution >= 4 is 15.9 Å². The molecule has 0 amide bonds. The fraction of sp³-hybridized carbons (Fsp3) is 0.455. The molecule has 1 heterocycles. The van der Waals surface area contributed by atoms with Gasteiger partial charge >= 0.3 is 0 Å². The maximum absolute atomic E-state index is 5.59. The van der Waals surface area contributed by atoms with E-state index < -0.39 is 0 Å². The van der Waals surface area contributed by atoms with E-state index in [-0.39, 0.29) is 0 Å². The molecule has 2 nitrogen and oxygen atoms in total. The van der Waals surface area contributed by atoms with Gasteiger partial charge in [0.2, 0.25) is 0 Å². The van der Waals surface area contributed by atoms with Crippen molar-refractivity contribution < 1.29 is 9.47 Å². The van der Waals surface area contributed by atoms with Crippen LogP contribution in [0.5, 0.6) is 11.5 Å². The van der Waals surface area contributed by atoms with Gasteiger partial charge in [-0.15, -0.1) is 0 Å². The summed E-state index contributed by atoms with van der Waals surface area (Å²) < 4.78 is 11.1. The second kappa shape index (κ2) is 4.22. The second-order valence-corrected chi connectivity index (χ2v) is 4.75. The minimum Gasteiger partial charge on any atom is -0.490 e. The molecule has 1 atom stereocenters. The molecule has 0 radical (unpaired) electrons. The van der Waals surface area contributed by atoms with Crippen molar-refractivity contribution in [3.8, 4) is 11.5 Å². The number of halogens is 1. The van der Waals surface area contributed by atoms with Crippen LogP contribution < -0.4 is 9.47 Å². The van der Waals surface area contributed by atoms with Gasteiger partial charge in [-0.2, -0.15) is 0 Å². The van der Waals surface area contributed by atoms with Gasteiger partial charge in [-0.1, -0.05) is 22.0 Å². The Kier molecular flexibility index (Phi) is 2.96. The number of alkyl halides is 1. The summed E-state index contributed by atoms with van der Waals surface area (Å²) in [7, 11) is 0. The molecule has 0 aromatic heterocycles. The van der Waals surface area contributed by atoms with Crippen LogP contribution in [0.25, 0.3) is 0 Å². The number of hydrogen-bond acceptors (Lipinski definition) is 2. The standard InChI is InChI=1S/C11H13BrO2/c1-8(12)9-3-4-10-11(7-9)14-6-2-5-13-10/h3-4,7-8H,2,5-6H2,1H3/t8-/m0/s1. The molecule has 1 aromatic rings. The SMILES string of the molecule is C[C@H](Br)c1ccc2c(c1)OCCCO2. The Morgan fingerprint density at radius 2 is 1.93 bits per heavy atom. The summed E-state index contributed by atoms with van der Waals surface area (Å²) in [6.07, 6.45) is 0.952. The first-order valence-electron chi connectivity index (χ1n) is 4.81. The van der Waals surface area contributed by atoms with Crippen LogP contribution in [0.1, 0.15) is 23.7 Å². The Morgan fingerprint density at radius 1 is 1.21 bits per heavy atom. The third-order valence-electron chi connectivity index (χ3n) is 2.23. The van der Waals surface area contributed by atoms with E-state index >= 15 is 0 Å². The second-order valence-electron chi connectivity index (χ2n) is 3.37. The summed E-state index contributed by atoms with van der Waals surface area (Å²) in [4.78, 5) is 0.347. The van der Waals surface area contributed by atoms with E-state index in [4.69, 9.17) is 9.47 Å². The highest BCUT2D eigenvalue weighted by Gasteiger charge is 2.11. The van der Waals surface area contributed by atoms with Crippen molar-refractivity contribution in [2.24, 2.45) is 0 Å². The summed E-state index contributed by atoms with van der Waals surface area (Å²) in [6.45, 7) is 3.59. The molecule has 0 aliphatic carbocycles. The number of ether oxygens (including phenoxy) is 2. The van der Waals surface area contributed by atoms with Crippen LogP contribution in [0.15, 0.2) is 18.2 Å². The first-order chi connectivity index (χ1) is 6.77. The minimum absolute atomic E-state index is 0.347. The summed E-state index contributed by atoms with van der Waals surface area (Å²) in [5.74, 6) is 1.73. The summed E-state index contributed by atoms with van der Waals surface area (Å²) in [5.41, 5.74) is 1.22. The molecule has 3 heteroatoms. The van der Waals surface area contributed by atoms with Crippen LogP contribution in [0.3, 0.4) is 0 Å². The smallest absolute Gasteiger partial charge is 0.161 e. The molecule has 0 N–H and O–H groups in total. The van der Waals surface area contributed by atoms with Crippen molar-refractivity contribution in [3.63, 3.8) is 0 Å². The first kappa shape index (κ1) is 9.84. The van der Waals surface area contributed by atoms with Gasteiger partial charge in [0.05, 0.1) is 13.2 Å². The molecular formula is C11H13BrO2. The molecule has 0 spiro atoms. The number of rotatable bonds is 1. The van der Waals surface area contributed by atoms with Crippen LogP contribution in [0.4, 0.5) is 0 Å². The molecule has 0 saturated heterocycles. The molecule has 1 aliphatic rings. The summed E-state index contributed by atoms with van der Waals surface area (Å²) in [5, 5.41) is 0. The Labute approximate surface area is 92.3 Å². The monoisotopic (exact) mass is 256 g/mol. The predicted octanol–water partition coefficient (Wildman–Crippen LogP) is 3.30. The molecule has 76 valence electrons. The number of benzene rings is 1. The van der Waals surface area contributed by atoms with Gasteiger partial charge in [0.1, 0.15) is 0 Å². The third kappa shape index (κ3) is 2.03. The van der Waals surface area contributed by atoms with E-state index in [1.165, 1.54) is 5.56 Å². The van der Waals surface area contributed by atoms with E-state index in [9.17, 15) is 0 Å². The van der Waals surface area contributed by atoms with Crippen LogP contribution in [-0.4, -0.2) is 13.2 Å². The quantitative estimate of drug-likeness (QED) is 0.718. The maximum Gasteiger partial charge on any atom is 0.161 e. The van der Waals surface area contributed by atoms with Gasteiger partial charge in [0.25, 0.3) is 0 Å². The largest absolute Gasteiger partial charge is 0.490 e. The van der Waals surface area contributed by atoms with E-state index in [0.29, 0.717) is 4.83 Å². The Bertz CT molecular complexity index is 323. The van der Waals surface area contributed by atoms with Crippen molar-refractivity contribution in [1.29, 1.82) is 0 Å². The zero-order valence-corrected chi connectivity index (χ0v) is 9.71. The number of hydrogen-bond donors (Lipinski definition) is 0. The molecule has 0 bridgehead atoms. The molecule has 0 unspecified atom stereocenters. The maximum atomic E-state index is 5.59. The normalized spacial score (nSPS) is 17.3. The van der Waals surface area contributed by atoms with Crippen molar-refractivity contribution in [2.45, 2.75) is 18.2 Å². The van der Waals surface area contributed by atoms with Gasteiger partial charge < -0.3 is 9.47 Å². The van der Waals surface area contributed by atoms with Crippen LogP contribution in [0.2, 0.25) is 0 Å². The van der Waals surface area contributed by atoms with Crippen LogP contribution in [-0.2, 0) is 0 Å². The van der Waals surface area contributed by atoms with E-state index in [1.807, 2.05) is 12.1 Å². The van der Waals surface area contributed by atoms with Crippen molar-refractivity contribution in [1.82, 2.24) is 0 Å². The molecule has 0 fully saturated rings. The van der Waals surface area contributed by atoms with Gasteiger partial charge in [-0.3, -0.25) is 0 Å².